The molecule has 0 aliphatic rings. The predicted molar refractivity (Wildman–Crippen MR) is 86.6 cm³/mol. The van der Waals surface area contributed by atoms with Crippen LogP contribution in [0.25, 0.3) is 0 Å². The SMILES string of the molecule is CCCn1cccc1CNc1cc(Cl)c(OC)cc1OC. The summed E-state index contributed by atoms with van der Waals surface area (Å²) in [6, 6.07) is 7.78. The van der Waals surface area contributed by atoms with Crippen LogP contribution in [0.2, 0.25) is 5.02 Å². The van der Waals surface area contributed by atoms with Gasteiger partial charge < -0.3 is 19.4 Å². The van der Waals surface area contributed by atoms with Gasteiger partial charge >= 0.3 is 0 Å². The van der Waals surface area contributed by atoms with Crippen LogP contribution in [-0.4, -0.2) is 18.8 Å². The molecular weight excluding hydrogens is 288 g/mol. The van der Waals surface area contributed by atoms with E-state index in [1.165, 1.54) is 5.69 Å². The minimum absolute atomic E-state index is 0.560. The lowest BCUT2D eigenvalue weighted by molar-refractivity contribution is 0.395. The highest BCUT2D eigenvalue weighted by molar-refractivity contribution is 6.32. The normalized spacial score (nSPS) is 10.5. The van der Waals surface area contributed by atoms with Crippen molar-refractivity contribution in [1.82, 2.24) is 4.57 Å². The molecule has 0 unspecified atom stereocenters. The van der Waals surface area contributed by atoms with Crippen LogP contribution in [0.4, 0.5) is 5.69 Å². The van der Waals surface area contributed by atoms with E-state index in [2.05, 4.69) is 35.1 Å². The van der Waals surface area contributed by atoms with Gasteiger partial charge in [0.05, 0.1) is 31.5 Å². The Morgan fingerprint density at radius 2 is 1.95 bits per heavy atom. The Morgan fingerprint density at radius 3 is 2.62 bits per heavy atom. The lowest BCUT2D eigenvalue weighted by Crippen LogP contribution is -2.07. The maximum atomic E-state index is 6.17. The summed E-state index contributed by atoms with van der Waals surface area (Å²) < 4.78 is 12.8. The molecule has 1 aromatic heterocycles. The average Bonchev–Trinajstić information content (AvgIpc) is 2.93. The Bertz CT molecular complexity index is 596. The molecule has 0 spiro atoms. The molecule has 2 rings (SSSR count). The first-order chi connectivity index (χ1) is 10.2. The molecule has 4 nitrogen and oxygen atoms in total. The Morgan fingerprint density at radius 1 is 1.19 bits per heavy atom. The molecule has 0 aliphatic heterocycles. The molecule has 0 bridgehead atoms. The fraction of sp³-hybridized carbons (Fsp3) is 0.375. The summed E-state index contributed by atoms with van der Waals surface area (Å²) in [4.78, 5) is 0. The molecule has 1 N–H and O–H groups in total. The van der Waals surface area contributed by atoms with E-state index in [4.69, 9.17) is 21.1 Å². The summed E-state index contributed by atoms with van der Waals surface area (Å²) in [5, 5.41) is 3.93. The van der Waals surface area contributed by atoms with Gasteiger partial charge in [-0.2, -0.15) is 0 Å². The number of benzene rings is 1. The third-order valence-electron chi connectivity index (χ3n) is 3.32. The van der Waals surface area contributed by atoms with Gasteiger partial charge in [0, 0.05) is 24.5 Å². The number of rotatable bonds is 7. The van der Waals surface area contributed by atoms with Crippen molar-refractivity contribution in [2.24, 2.45) is 0 Å². The zero-order valence-corrected chi connectivity index (χ0v) is 13.4. The standard InChI is InChI=1S/C16H21ClN2O2/c1-4-7-19-8-5-6-12(19)11-18-14-9-13(17)15(20-2)10-16(14)21-3/h5-6,8-10,18H,4,7,11H2,1-3H3. The lowest BCUT2D eigenvalue weighted by atomic mass is 10.2. The second-order valence-electron chi connectivity index (χ2n) is 4.73. The van der Waals surface area contributed by atoms with E-state index in [9.17, 15) is 0 Å². The zero-order valence-electron chi connectivity index (χ0n) is 12.6. The van der Waals surface area contributed by atoms with Crippen LogP contribution < -0.4 is 14.8 Å². The number of anilines is 1. The van der Waals surface area contributed by atoms with Crippen LogP contribution in [0, 0.1) is 0 Å². The highest BCUT2D eigenvalue weighted by Crippen LogP contribution is 2.36. The second kappa shape index (κ2) is 7.27. The van der Waals surface area contributed by atoms with Gasteiger partial charge in [-0.3, -0.25) is 0 Å². The molecular formula is C16H21ClN2O2. The number of halogens is 1. The summed E-state index contributed by atoms with van der Waals surface area (Å²) in [5.74, 6) is 1.32. The molecule has 1 heterocycles. The number of aromatic nitrogens is 1. The fourth-order valence-corrected chi connectivity index (χ4v) is 2.49. The smallest absolute Gasteiger partial charge is 0.145 e. The number of nitrogens with one attached hydrogen (secondary N) is 1. The molecule has 2 aromatic rings. The van der Waals surface area contributed by atoms with Crippen LogP contribution >= 0.6 is 11.6 Å². The Hall–Kier alpha value is -1.81. The second-order valence-corrected chi connectivity index (χ2v) is 5.14. The van der Waals surface area contributed by atoms with Crippen LogP contribution in [0.1, 0.15) is 19.0 Å². The Balaban J connectivity index is 2.15. The predicted octanol–water partition coefficient (Wildman–Crippen LogP) is 4.18. The van der Waals surface area contributed by atoms with Crippen molar-refractivity contribution in [2.45, 2.75) is 26.4 Å². The van der Waals surface area contributed by atoms with Crippen molar-refractivity contribution in [2.75, 3.05) is 19.5 Å². The fourth-order valence-electron chi connectivity index (χ4n) is 2.25. The van der Waals surface area contributed by atoms with E-state index in [1.807, 2.05) is 6.07 Å². The van der Waals surface area contributed by atoms with Gasteiger partial charge in [-0.15, -0.1) is 0 Å². The van der Waals surface area contributed by atoms with Crippen LogP contribution in [-0.2, 0) is 13.1 Å². The summed E-state index contributed by atoms with van der Waals surface area (Å²) >= 11 is 6.17. The number of methoxy groups -OCH3 is 2. The first-order valence-electron chi connectivity index (χ1n) is 6.99. The molecule has 0 saturated carbocycles. The minimum Gasteiger partial charge on any atom is -0.495 e. The first-order valence-corrected chi connectivity index (χ1v) is 7.36. The maximum Gasteiger partial charge on any atom is 0.145 e. The van der Waals surface area contributed by atoms with Crippen molar-refractivity contribution in [1.29, 1.82) is 0 Å². The van der Waals surface area contributed by atoms with Gasteiger partial charge in [-0.1, -0.05) is 18.5 Å². The molecule has 0 fully saturated rings. The van der Waals surface area contributed by atoms with Crippen molar-refractivity contribution in [3.63, 3.8) is 0 Å². The monoisotopic (exact) mass is 308 g/mol. The van der Waals surface area contributed by atoms with Gasteiger partial charge in [0.15, 0.2) is 0 Å². The largest absolute Gasteiger partial charge is 0.495 e. The molecule has 0 aliphatic carbocycles. The van der Waals surface area contributed by atoms with Gasteiger partial charge in [-0.05, 0) is 24.6 Å². The third-order valence-corrected chi connectivity index (χ3v) is 3.62. The minimum atomic E-state index is 0.560. The van der Waals surface area contributed by atoms with Gasteiger partial charge in [0.1, 0.15) is 11.5 Å². The van der Waals surface area contributed by atoms with E-state index >= 15 is 0 Å². The highest BCUT2D eigenvalue weighted by Gasteiger charge is 2.10. The van der Waals surface area contributed by atoms with Crippen molar-refractivity contribution in [3.8, 4) is 11.5 Å². The van der Waals surface area contributed by atoms with Crippen LogP contribution in [0.15, 0.2) is 30.5 Å². The molecule has 114 valence electrons. The summed E-state index contributed by atoms with van der Waals surface area (Å²) in [5.41, 5.74) is 2.08. The van der Waals surface area contributed by atoms with Gasteiger partial charge in [0.2, 0.25) is 0 Å². The third kappa shape index (κ3) is 3.64. The molecule has 21 heavy (non-hydrogen) atoms. The summed E-state index contributed by atoms with van der Waals surface area (Å²) in [6.07, 6.45) is 3.21. The zero-order chi connectivity index (χ0) is 15.2. The van der Waals surface area contributed by atoms with Gasteiger partial charge in [-0.25, -0.2) is 0 Å². The number of aryl methyl sites for hydroxylation is 1. The highest BCUT2D eigenvalue weighted by atomic mass is 35.5. The van der Waals surface area contributed by atoms with E-state index < -0.39 is 0 Å². The maximum absolute atomic E-state index is 6.17. The number of hydrogen-bond donors (Lipinski definition) is 1. The number of hydrogen-bond acceptors (Lipinski definition) is 3. The molecule has 0 saturated heterocycles. The summed E-state index contributed by atoms with van der Waals surface area (Å²) in [7, 11) is 3.22. The van der Waals surface area contributed by atoms with E-state index in [0.29, 0.717) is 23.1 Å². The molecule has 0 amide bonds. The Labute approximate surface area is 130 Å². The molecule has 0 atom stereocenters. The number of ether oxygens (including phenoxy) is 2. The first kappa shape index (κ1) is 15.6. The van der Waals surface area contributed by atoms with Crippen molar-refractivity contribution < 1.29 is 9.47 Å². The van der Waals surface area contributed by atoms with Crippen LogP contribution in [0.3, 0.4) is 0 Å². The van der Waals surface area contributed by atoms with E-state index in [1.54, 1.807) is 20.3 Å². The Kier molecular flexibility index (Phi) is 5.39. The molecule has 0 radical (unpaired) electrons. The lowest BCUT2D eigenvalue weighted by Gasteiger charge is -2.15. The average molecular weight is 309 g/mol. The van der Waals surface area contributed by atoms with Crippen molar-refractivity contribution in [3.05, 3.63) is 41.2 Å². The topological polar surface area (TPSA) is 35.4 Å². The van der Waals surface area contributed by atoms with Crippen molar-refractivity contribution >= 4 is 17.3 Å². The molecule has 1 aromatic carbocycles. The van der Waals surface area contributed by atoms with E-state index in [-0.39, 0.29) is 0 Å². The number of nitrogens with zero attached hydrogens (tertiary/aromatic N) is 1. The van der Waals surface area contributed by atoms with Crippen LogP contribution in [0.5, 0.6) is 11.5 Å². The quantitative estimate of drug-likeness (QED) is 0.833. The van der Waals surface area contributed by atoms with Gasteiger partial charge in [0.25, 0.3) is 0 Å². The molecule has 5 heteroatoms. The summed E-state index contributed by atoms with van der Waals surface area (Å²) in [6.45, 7) is 3.90. The van der Waals surface area contributed by atoms with E-state index in [0.717, 1.165) is 18.7 Å².